The van der Waals surface area contributed by atoms with Gasteiger partial charge < -0.3 is 14.4 Å². The number of benzene rings is 1. The minimum Gasteiger partial charge on any atom is -0.536 e. The summed E-state index contributed by atoms with van der Waals surface area (Å²) >= 11 is 5.81. The van der Waals surface area contributed by atoms with Gasteiger partial charge in [-0.25, -0.2) is 0 Å². The molecule has 0 aliphatic carbocycles. The van der Waals surface area contributed by atoms with E-state index in [1.54, 1.807) is 18.2 Å². The van der Waals surface area contributed by atoms with Crippen LogP contribution in [0.4, 0.5) is 0 Å². The third-order valence-electron chi connectivity index (χ3n) is 1.33. The second kappa shape index (κ2) is 4.23. The molecule has 12 heavy (non-hydrogen) atoms. The predicted molar refractivity (Wildman–Crippen MR) is 46.6 cm³/mol. The summed E-state index contributed by atoms with van der Waals surface area (Å²) < 4.78 is 9.62. The van der Waals surface area contributed by atoms with Crippen LogP contribution in [-0.2, 0) is 0 Å². The second-order valence-electron chi connectivity index (χ2n) is 2.00. The lowest BCUT2D eigenvalue weighted by atomic mass is 10.3. The van der Waals surface area contributed by atoms with Crippen LogP contribution in [0.15, 0.2) is 18.2 Å². The molecule has 0 unspecified atom stereocenters. The molecule has 0 aromatic heterocycles. The summed E-state index contributed by atoms with van der Waals surface area (Å²) in [5.74, 6) is 0.870. The van der Waals surface area contributed by atoms with E-state index in [1.165, 1.54) is 7.11 Å². The molecule has 0 saturated carbocycles. The lowest BCUT2D eigenvalue weighted by Crippen LogP contribution is -2.00. The quantitative estimate of drug-likeness (QED) is 0.721. The first kappa shape index (κ1) is 9.22. The number of rotatable bonds is 3. The lowest BCUT2D eigenvalue weighted by molar-refractivity contribution is 0.409. The van der Waals surface area contributed by atoms with Crippen molar-refractivity contribution in [3.8, 4) is 11.5 Å². The average Bonchev–Trinajstić information content (AvgIpc) is 2.09. The van der Waals surface area contributed by atoms with E-state index >= 15 is 0 Å². The molecular formula is C7H7BClO3. The maximum absolute atomic E-state index is 8.36. The van der Waals surface area contributed by atoms with Crippen molar-refractivity contribution < 1.29 is 14.4 Å². The van der Waals surface area contributed by atoms with E-state index < -0.39 is 0 Å². The molecule has 0 spiro atoms. The van der Waals surface area contributed by atoms with E-state index in [-0.39, 0.29) is 0 Å². The number of hydrogen-bond acceptors (Lipinski definition) is 3. The summed E-state index contributed by atoms with van der Waals surface area (Å²) in [6.45, 7) is 0. The molecule has 1 aromatic rings. The average molecular weight is 185 g/mol. The number of halogens is 1. The first-order chi connectivity index (χ1) is 5.79. The Hall–Kier alpha value is -0.865. The zero-order valence-corrected chi connectivity index (χ0v) is 7.21. The first-order valence-electron chi connectivity index (χ1n) is 3.24. The highest BCUT2D eigenvalue weighted by Gasteiger charge is 2.06. The van der Waals surface area contributed by atoms with Crippen molar-refractivity contribution >= 4 is 19.3 Å². The molecule has 0 saturated heterocycles. The molecule has 0 fully saturated rings. The molecule has 5 heteroatoms. The van der Waals surface area contributed by atoms with E-state index in [2.05, 4.69) is 0 Å². The molecule has 0 amide bonds. The largest absolute Gasteiger partial charge is 0.569 e. The van der Waals surface area contributed by atoms with Crippen molar-refractivity contribution in [1.29, 1.82) is 0 Å². The van der Waals surface area contributed by atoms with Crippen LogP contribution >= 0.6 is 11.6 Å². The van der Waals surface area contributed by atoms with E-state index in [1.807, 2.05) is 0 Å². The smallest absolute Gasteiger partial charge is 0.536 e. The van der Waals surface area contributed by atoms with Crippen molar-refractivity contribution in [2.75, 3.05) is 7.11 Å². The molecule has 0 aliphatic rings. The molecule has 1 aromatic carbocycles. The molecule has 0 aliphatic heterocycles. The fraction of sp³-hybridized carbons (Fsp3) is 0.143. The van der Waals surface area contributed by atoms with E-state index in [0.29, 0.717) is 24.2 Å². The Morgan fingerprint density at radius 1 is 1.42 bits per heavy atom. The molecule has 0 atom stereocenters. The summed E-state index contributed by atoms with van der Waals surface area (Å²) in [6, 6.07) is 5.04. The van der Waals surface area contributed by atoms with Crippen molar-refractivity contribution in [3.63, 3.8) is 0 Å². The Morgan fingerprint density at radius 3 is 2.67 bits per heavy atom. The molecule has 0 heterocycles. The minimum absolute atomic E-state index is 0.338. The normalized spacial score (nSPS) is 9.25. The predicted octanol–water partition coefficient (Wildman–Crippen LogP) is 1.25. The van der Waals surface area contributed by atoms with Gasteiger partial charge >= 0.3 is 7.69 Å². The number of methoxy groups -OCH3 is 1. The third-order valence-corrected chi connectivity index (χ3v) is 1.70. The lowest BCUT2D eigenvalue weighted by Gasteiger charge is -2.07. The fourth-order valence-corrected chi connectivity index (χ4v) is 1.04. The van der Waals surface area contributed by atoms with Crippen molar-refractivity contribution in [1.82, 2.24) is 0 Å². The minimum atomic E-state index is 0.338. The number of hydrogen-bond donors (Lipinski definition) is 1. The van der Waals surface area contributed by atoms with Gasteiger partial charge in [0.1, 0.15) is 16.5 Å². The van der Waals surface area contributed by atoms with E-state index in [9.17, 15) is 0 Å². The van der Waals surface area contributed by atoms with Gasteiger partial charge in [-0.1, -0.05) is 17.7 Å². The molecule has 1 N–H and O–H groups in total. The van der Waals surface area contributed by atoms with Gasteiger partial charge in [-0.15, -0.1) is 0 Å². The first-order valence-corrected chi connectivity index (χ1v) is 3.62. The summed E-state index contributed by atoms with van der Waals surface area (Å²) in [5.41, 5.74) is 0. The Kier molecular flexibility index (Phi) is 3.25. The Balaban J connectivity index is 2.97. The van der Waals surface area contributed by atoms with Gasteiger partial charge in [0.2, 0.25) is 0 Å². The standard InChI is InChI=1S/C7H7BClO3/c1-11-5-3-2-4-6(7(5)9)12-8-10/h2-4,10H,1H3. The SMILES string of the molecule is COc1cccc(O[B]O)c1Cl. The maximum Gasteiger partial charge on any atom is 0.569 e. The molecule has 1 radical (unpaired) electrons. The van der Waals surface area contributed by atoms with Gasteiger partial charge in [0.25, 0.3) is 0 Å². The number of ether oxygens (including phenoxy) is 1. The third kappa shape index (κ3) is 1.84. The van der Waals surface area contributed by atoms with E-state index in [0.717, 1.165) is 0 Å². The van der Waals surface area contributed by atoms with Gasteiger partial charge in [-0.3, -0.25) is 0 Å². The molecule has 63 valence electrons. The molecule has 0 bridgehead atoms. The van der Waals surface area contributed by atoms with Crippen LogP contribution in [0.5, 0.6) is 11.5 Å². The van der Waals surface area contributed by atoms with Gasteiger partial charge in [-0.2, -0.15) is 0 Å². The Labute approximate surface area is 76.2 Å². The van der Waals surface area contributed by atoms with Crippen LogP contribution in [0.1, 0.15) is 0 Å². The van der Waals surface area contributed by atoms with Crippen LogP contribution < -0.4 is 9.39 Å². The van der Waals surface area contributed by atoms with Gasteiger partial charge in [0.05, 0.1) is 7.11 Å². The monoisotopic (exact) mass is 185 g/mol. The summed E-state index contributed by atoms with van der Waals surface area (Å²) in [7, 11) is 2.08. The van der Waals surface area contributed by atoms with Gasteiger partial charge in [0.15, 0.2) is 0 Å². The topological polar surface area (TPSA) is 38.7 Å². The van der Waals surface area contributed by atoms with Gasteiger partial charge in [-0.05, 0) is 12.1 Å². The highest BCUT2D eigenvalue weighted by Crippen LogP contribution is 2.32. The molecule has 3 nitrogen and oxygen atoms in total. The van der Waals surface area contributed by atoms with Crippen LogP contribution in [0.25, 0.3) is 0 Å². The Bertz CT molecular complexity index is 267. The summed E-state index contributed by atoms with van der Waals surface area (Å²) in [4.78, 5) is 0. The zero-order valence-electron chi connectivity index (χ0n) is 6.45. The highest BCUT2D eigenvalue weighted by molar-refractivity contribution is 6.34. The van der Waals surface area contributed by atoms with Crippen LogP contribution in [0.2, 0.25) is 5.02 Å². The zero-order chi connectivity index (χ0) is 8.97. The van der Waals surface area contributed by atoms with Crippen molar-refractivity contribution in [2.45, 2.75) is 0 Å². The second-order valence-corrected chi connectivity index (χ2v) is 2.37. The Morgan fingerprint density at radius 2 is 2.08 bits per heavy atom. The maximum atomic E-state index is 8.36. The van der Waals surface area contributed by atoms with Crippen molar-refractivity contribution in [3.05, 3.63) is 23.2 Å². The van der Waals surface area contributed by atoms with Crippen molar-refractivity contribution in [2.24, 2.45) is 0 Å². The highest BCUT2D eigenvalue weighted by atomic mass is 35.5. The molecule has 1 rings (SSSR count). The molecular weight excluding hydrogens is 178 g/mol. The van der Waals surface area contributed by atoms with Crippen LogP contribution in [0.3, 0.4) is 0 Å². The van der Waals surface area contributed by atoms with Crippen LogP contribution in [0, 0.1) is 0 Å². The fourth-order valence-electron chi connectivity index (χ4n) is 0.796. The van der Waals surface area contributed by atoms with Gasteiger partial charge in [0, 0.05) is 0 Å². The van der Waals surface area contributed by atoms with Crippen LogP contribution in [-0.4, -0.2) is 19.8 Å². The summed E-state index contributed by atoms with van der Waals surface area (Å²) in [6.07, 6.45) is 0. The summed E-state index contributed by atoms with van der Waals surface area (Å²) in [5, 5.41) is 8.70. The van der Waals surface area contributed by atoms with E-state index in [4.69, 9.17) is 26.0 Å².